The number of thiophene rings is 1. The van der Waals surface area contributed by atoms with Crippen molar-refractivity contribution in [2.75, 3.05) is 0 Å². The summed E-state index contributed by atoms with van der Waals surface area (Å²) in [6, 6.07) is 3.02. The van der Waals surface area contributed by atoms with E-state index in [1.165, 1.54) is 28.2 Å². The average Bonchev–Trinajstić information content (AvgIpc) is 3.05. The minimum Gasteiger partial charge on any atom is -0.486 e. The minimum absolute atomic E-state index is 0.626. The van der Waals surface area contributed by atoms with Crippen LogP contribution in [-0.4, -0.2) is 15.8 Å². The van der Waals surface area contributed by atoms with E-state index in [9.17, 15) is 0 Å². The molecule has 1 aliphatic carbocycles. The molecule has 5 heteroatoms. The Morgan fingerprint density at radius 2 is 2.35 bits per heavy atom. The number of hydrogen-bond acceptors (Lipinski definition) is 4. The second-order valence-electron chi connectivity index (χ2n) is 5.27. The highest BCUT2D eigenvalue weighted by Crippen LogP contribution is 2.25. The molecule has 0 unspecified atom stereocenters. The summed E-state index contributed by atoms with van der Waals surface area (Å²) in [7, 11) is 0. The van der Waals surface area contributed by atoms with Gasteiger partial charge in [-0.25, -0.2) is 0 Å². The van der Waals surface area contributed by atoms with Crippen LogP contribution in [-0.2, 0) is 19.7 Å². The quantitative estimate of drug-likeness (QED) is 0.852. The Kier molecular flexibility index (Phi) is 4.08. The molecule has 0 aromatic carbocycles. The van der Waals surface area contributed by atoms with Crippen molar-refractivity contribution in [3.63, 3.8) is 0 Å². The Morgan fingerprint density at radius 1 is 1.50 bits per heavy atom. The zero-order chi connectivity index (χ0) is 13.9. The molecule has 1 N–H and O–H groups in total. The molecule has 20 heavy (non-hydrogen) atoms. The summed E-state index contributed by atoms with van der Waals surface area (Å²) in [5, 5.41) is 7.77. The molecule has 1 fully saturated rings. The maximum Gasteiger partial charge on any atom is 0.157 e. The van der Waals surface area contributed by atoms with E-state index in [1.807, 2.05) is 22.2 Å². The van der Waals surface area contributed by atoms with E-state index < -0.39 is 0 Å². The largest absolute Gasteiger partial charge is 0.486 e. The van der Waals surface area contributed by atoms with Crippen molar-refractivity contribution in [1.82, 2.24) is 15.1 Å². The molecule has 0 saturated heterocycles. The molecule has 0 radical (unpaired) electrons. The number of aryl methyl sites for hydroxylation is 2. The van der Waals surface area contributed by atoms with Crippen LogP contribution in [0, 0.1) is 6.92 Å². The molecule has 0 spiro atoms. The van der Waals surface area contributed by atoms with Crippen molar-refractivity contribution in [2.45, 2.75) is 52.4 Å². The minimum atomic E-state index is 0.626. The van der Waals surface area contributed by atoms with Crippen LogP contribution in [0.4, 0.5) is 0 Å². The predicted molar refractivity (Wildman–Crippen MR) is 81.2 cm³/mol. The number of nitrogens with zero attached hydrogens (tertiary/aromatic N) is 2. The van der Waals surface area contributed by atoms with Gasteiger partial charge in [0.1, 0.15) is 6.61 Å². The van der Waals surface area contributed by atoms with Crippen LogP contribution in [0.1, 0.15) is 35.1 Å². The predicted octanol–water partition coefficient (Wildman–Crippen LogP) is 3.10. The van der Waals surface area contributed by atoms with Gasteiger partial charge >= 0.3 is 0 Å². The summed E-state index contributed by atoms with van der Waals surface area (Å²) >= 11 is 1.87. The van der Waals surface area contributed by atoms with Gasteiger partial charge in [0.25, 0.3) is 0 Å². The molecule has 2 heterocycles. The lowest BCUT2D eigenvalue weighted by molar-refractivity contribution is 0.305. The fourth-order valence-corrected chi connectivity index (χ4v) is 3.10. The number of nitrogens with one attached hydrogen (secondary N) is 1. The first-order chi connectivity index (χ1) is 9.74. The summed E-state index contributed by atoms with van der Waals surface area (Å²) in [5.74, 6) is 0.843. The molecule has 0 bridgehead atoms. The van der Waals surface area contributed by atoms with Gasteiger partial charge in [0, 0.05) is 34.4 Å². The molecule has 0 atom stereocenters. The van der Waals surface area contributed by atoms with E-state index in [4.69, 9.17) is 4.74 Å². The van der Waals surface area contributed by atoms with Gasteiger partial charge in [0.2, 0.25) is 0 Å². The van der Waals surface area contributed by atoms with Gasteiger partial charge < -0.3 is 10.1 Å². The standard InChI is InChI=1S/C15H21N3OS/c1-3-18-9-14(7-17-18)19-10-12-6-15(20-11(12)2)8-16-13-4-5-13/h6-7,9,13,16H,3-5,8,10H2,1-2H3. The van der Waals surface area contributed by atoms with Crippen LogP contribution in [0.2, 0.25) is 0 Å². The number of hydrogen-bond donors (Lipinski definition) is 1. The zero-order valence-corrected chi connectivity index (χ0v) is 12.9. The monoisotopic (exact) mass is 291 g/mol. The summed E-state index contributed by atoms with van der Waals surface area (Å²) in [5.41, 5.74) is 1.28. The lowest BCUT2D eigenvalue weighted by atomic mass is 10.2. The first-order valence-electron chi connectivity index (χ1n) is 7.21. The topological polar surface area (TPSA) is 39.1 Å². The molecule has 1 saturated carbocycles. The number of ether oxygens (including phenoxy) is 1. The fraction of sp³-hybridized carbons (Fsp3) is 0.533. The van der Waals surface area contributed by atoms with Crippen molar-refractivity contribution < 1.29 is 4.74 Å². The van der Waals surface area contributed by atoms with E-state index in [0.29, 0.717) is 6.61 Å². The smallest absolute Gasteiger partial charge is 0.157 e. The molecular weight excluding hydrogens is 270 g/mol. The third-order valence-electron chi connectivity index (χ3n) is 3.54. The molecule has 0 aliphatic heterocycles. The van der Waals surface area contributed by atoms with Gasteiger partial charge in [0.15, 0.2) is 5.75 Å². The van der Waals surface area contributed by atoms with Crippen molar-refractivity contribution >= 4 is 11.3 Å². The van der Waals surface area contributed by atoms with Crippen LogP contribution in [0.3, 0.4) is 0 Å². The molecule has 2 aromatic heterocycles. The fourth-order valence-electron chi connectivity index (χ4n) is 2.10. The van der Waals surface area contributed by atoms with Crippen LogP contribution < -0.4 is 10.1 Å². The van der Waals surface area contributed by atoms with E-state index >= 15 is 0 Å². The molecule has 108 valence electrons. The Labute approximate surface area is 123 Å². The van der Waals surface area contributed by atoms with Gasteiger partial charge in [-0.05, 0) is 32.8 Å². The zero-order valence-electron chi connectivity index (χ0n) is 12.1. The van der Waals surface area contributed by atoms with Gasteiger partial charge in [-0.15, -0.1) is 11.3 Å². The second-order valence-corrected chi connectivity index (χ2v) is 6.61. The highest BCUT2D eigenvalue weighted by atomic mass is 32.1. The first-order valence-corrected chi connectivity index (χ1v) is 8.03. The van der Waals surface area contributed by atoms with E-state index in [1.54, 1.807) is 6.20 Å². The Morgan fingerprint density at radius 3 is 3.05 bits per heavy atom. The van der Waals surface area contributed by atoms with Crippen molar-refractivity contribution in [3.05, 3.63) is 33.8 Å². The highest BCUT2D eigenvalue weighted by molar-refractivity contribution is 7.12. The number of rotatable bonds is 7. The summed E-state index contributed by atoms with van der Waals surface area (Å²) < 4.78 is 7.69. The summed E-state index contributed by atoms with van der Waals surface area (Å²) in [4.78, 5) is 2.75. The summed E-state index contributed by atoms with van der Waals surface area (Å²) in [6.07, 6.45) is 6.39. The van der Waals surface area contributed by atoms with E-state index in [2.05, 4.69) is 30.3 Å². The van der Waals surface area contributed by atoms with E-state index in [-0.39, 0.29) is 0 Å². The Hall–Kier alpha value is -1.33. The molecule has 3 rings (SSSR count). The lowest BCUT2D eigenvalue weighted by Gasteiger charge is -2.02. The molecule has 0 amide bonds. The van der Waals surface area contributed by atoms with Crippen LogP contribution >= 0.6 is 11.3 Å². The van der Waals surface area contributed by atoms with Gasteiger partial charge in [-0.1, -0.05) is 0 Å². The third kappa shape index (κ3) is 3.41. The van der Waals surface area contributed by atoms with Crippen molar-refractivity contribution in [1.29, 1.82) is 0 Å². The molecule has 4 nitrogen and oxygen atoms in total. The highest BCUT2D eigenvalue weighted by Gasteiger charge is 2.20. The number of aromatic nitrogens is 2. The second kappa shape index (κ2) is 5.97. The van der Waals surface area contributed by atoms with Crippen molar-refractivity contribution in [3.8, 4) is 5.75 Å². The first kappa shape index (κ1) is 13.6. The summed E-state index contributed by atoms with van der Waals surface area (Å²) in [6.45, 7) is 6.72. The van der Waals surface area contributed by atoms with E-state index in [0.717, 1.165) is 24.9 Å². The maximum atomic E-state index is 5.81. The third-order valence-corrected chi connectivity index (χ3v) is 4.63. The van der Waals surface area contributed by atoms with Crippen LogP contribution in [0.5, 0.6) is 5.75 Å². The molecule has 1 aliphatic rings. The van der Waals surface area contributed by atoms with Gasteiger partial charge in [-0.2, -0.15) is 5.10 Å². The SMILES string of the molecule is CCn1cc(OCc2cc(CNC3CC3)sc2C)cn1. The normalized spacial score (nSPS) is 14.7. The van der Waals surface area contributed by atoms with Crippen LogP contribution in [0.15, 0.2) is 18.5 Å². The molecular formula is C15H21N3OS. The maximum absolute atomic E-state index is 5.81. The Balaban J connectivity index is 1.55. The molecule has 2 aromatic rings. The van der Waals surface area contributed by atoms with Crippen LogP contribution in [0.25, 0.3) is 0 Å². The lowest BCUT2D eigenvalue weighted by Crippen LogP contribution is -2.14. The average molecular weight is 291 g/mol. The van der Waals surface area contributed by atoms with Gasteiger partial charge in [0.05, 0.1) is 12.4 Å². The van der Waals surface area contributed by atoms with Gasteiger partial charge in [-0.3, -0.25) is 4.68 Å². The Bertz CT molecular complexity index is 571. The van der Waals surface area contributed by atoms with Crippen molar-refractivity contribution in [2.24, 2.45) is 0 Å².